The number of hydrogen-bond donors (Lipinski definition) is 3. The molecule has 3 N–H and O–H groups in total. The molecule has 0 radical (unpaired) electrons. The zero-order valence-electron chi connectivity index (χ0n) is 19.1. The molecule has 1 aliphatic heterocycles. The molecule has 0 aromatic heterocycles. The molecule has 1 saturated carbocycles. The van der Waals surface area contributed by atoms with Crippen LogP contribution in [0.2, 0.25) is 0 Å². The van der Waals surface area contributed by atoms with Gasteiger partial charge in [-0.2, -0.15) is 0 Å². The van der Waals surface area contributed by atoms with Crippen molar-refractivity contribution in [2.45, 2.75) is 37.4 Å². The molecule has 0 bridgehead atoms. The molecule has 3 aliphatic rings. The number of fused-ring (bicyclic) bond motifs is 3. The highest BCUT2D eigenvalue weighted by Gasteiger charge is 2.40. The van der Waals surface area contributed by atoms with Crippen LogP contribution in [0.5, 0.6) is 0 Å². The number of benzene rings is 2. The van der Waals surface area contributed by atoms with Crippen LogP contribution in [0, 0.1) is 11.8 Å². The molecule has 2 fully saturated rings. The summed E-state index contributed by atoms with van der Waals surface area (Å²) in [5.74, 6) is -2.04. The summed E-state index contributed by atoms with van der Waals surface area (Å²) in [6, 6.07) is 16.2. The van der Waals surface area contributed by atoms with Gasteiger partial charge in [-0.25, -0.2) is 15.1 Å². The molecule has 2 amide bonds. The van der Waals surface area contributed by atoms with Gasteiger partial charge in [0.1, 0.15) is 12.7 Å². The topological polar surface area (TPSA) is 123 Å². The van der Waals surface area contributed by atoms with Crippen LogP contribution in [0.1, 0.15) is 36.3 Å². The predicted octanol–water partition coefficient (Wildman–Crippen LogP) is 2.84. The van der Waals surface area contributed by atoms with Crippen molar-refractivity contribution in [2.24, 2.45) is 11.8 Å². The van der Waals surface area contributed by atoms with E-state index in [1.807, 2.05) is 24.3 Å². The second kappa shape index (κ2) is 10.1. The Morgan fingerprint density at radius 3 is 2.29 bits per heavy atom. The van der Waals surface area contributed by atoms with Gasteiger partial charge in [-0.1, -0.05) is 48.5 Å². The molecule has 9 heteroatoms. The molecule has 3 atom stereocenters. The maximum absolute atomic E-state index is 12.5. The maximum atomic E-state index is 12.5. The van der Waals surface area contributed by atoms with E-state index < -0.39 is 30.2 Å². The molecule has 35 heavy (non-hydrogen) atoms. The smallest absolute Gasteiger partial charge is 0.407 e. The van der Waals surface area contributed by atoms with E-state index in [1.54, 1.807) is 0 Å². The van der Waals surface area contributed by atoms with Crippen LogP contribution in [-0.4, -0.2) is 55.0 Å². The Balaban J connectivity index is 1.11. The van der Waals surface area contributed by atoms with E-state index in [1.165, 1.54) is 0 Å². The van der Waals surface area contributed by atoms with E-state index >= 15 is 0 Å². The van der Waals surface area contributed by atoms with Crippen LogP contribution in [0.25, 0.3) is 11.1 Å². The van der Waals surface area contributed by atoms with E-state index in [9.17, 15) is 19.5 Å². The highest BCUT2D eigenvalue weighted by molar-refractivity contribution is 5.81. The van der Waals surface area contributed by atoms with Crippen molar-refractivity contribution in [1.29, 1.82) is 0 Å². The second-order valence-corrected chi connectivity index (χ2v) is 9.23. The van der Waals surface area contributed by atoms with Crippen LogP contribution in [0.3, 0.4) is 0 Å². The zero-order chi connectivity index (χ0) is 24.4. The average molecular weight is 481 g/mol. The summed E-state index contributed by atoms with van der Waals surface area (Å²) in [5, 5.41) is 12.0. The number of hydrogen-bond acceptors (Lipinski definition) is 6. The molecule has 1 heterocycles. The Morgan fingerprint density at radius 1 is 1.00 bits per heavy atom. The lowest BCUT2D eigenvalue weighted by atomic mass is 9.98. The summed E-state index contributed by atoms with van der Waals surface area (Å²) in [6.07, 6.45) is -0.352. The van der Waals surface area contributed by atoms with E-state index in [4.69, 9.17) is 14.3 Å². The lowest BCUT2D eigenvalue weighted by Crippen LogP contribution is -2.44. The molecule has 2 aliphatic carbocycles. The highest BCUT2D eigenvalue weighted by Crippen LogP contribution is 2.44. The molecule has 9 nitrogen and oxygen atoms in total. The summed E-state index contributed by atoms with van der Waals surface area (Å²) in [4.78, 5) is 41.4. The normalized spacial score (nSPS) is 21.6. The van der Waals surface area contributed by atoms with Gasteiger partial charge in [0.05, 0.1) is 0 Å². The number of amides is 2. The Labute approximate surface area is 202 Å². The van der Waals surface area contributed by atoms with E-state index in [2.05, 4.69) is 35.1 Å². The molecule has 2 aromatic rings. The standard InChI is InChI=1S/C26H28N2O7/c29-24(28-35-23(25(30)31)15-9-10-15)22-16(11-12-33-22)13-27-26(32)34-14-21-19-7-3-1-5-17(19)18-6-2-4-8-20(18)21/h1-8,15-16,21-23H,9-14H2,(H,27,32)(H,28,29)(H,30,31). The van der Waals surface area contributed by atoms with Gasteiger partial charge in [-0.15, -0.1) is 0 Å². The minimum Gasteiger partial charge on any atom is -0.479 e. The third-order valence-electron chi connectivity index (χ3n) is 6.90. The van der Waals surface area contributed by atoms with Gasteiger partial charge in [0.25, 0.3) is 5.91 Å². The van der Waals surface area contributed by atoms with E-state index in [0.717, 1.165) is 35.1 Å². The van der Waals surface area contributed by atoms with Crippen molar-refractivity contribution in [3.8, 4) is 11.1 Å². The van der Waals surface area contributed by atoms with Gasteiger partial charge in [-0.3, -0.25) is 9.63 Å². The maximum Gasteiger partial charge on any atom is 0.407 e. The first kappa shape index (κ1) is 23.3. The molecular weight excluding hydrogens is 452 g/mol. The van der Waals surface area contributed by atoms with Crippen molar-refractivity contribution < 1.29 is 33.8 Å². The SMILES string of the molecule is O=C(NCC1CCOC1C(=O)NOC(C(=O)O)C1CC1)OCC1c2ccccc2-c2ccccc21. The van der Waals surface area contributed by atoms with Crippen LogP contribution < -0.4 is 10.8 Å². The monoisotopic (exact) mass is 480 g/mol. The first-order chi connectivity index (χ1) is 17.0. The molecule has 0 spiro atoms. The van der Waals surface area contributed by atoms with Gasteiger partial charge < -0.3 is 19.9 Å². The summed E-state index contributed by atoms with van der Waals surface area (Å²) in [7, 11) is 0. The van der Waals surface area contributed by atoms with Crippen molar-refractivity contribution in [2.75, 3.05) is 19.8 Å². The first-order valence-electron chi connectivity index (χ1n) is 11.9. The number of alkyl carbamates (subject to hydrolysis) is 1. The summed E-state index contributed by atoms with van der Waals surface area (Å²) in [5.41, 5.74) is 6.81. The quantitative estimate of drug-likeness (QED) is 0.472. The second-order valence-electron chi connectivity index (χ2n) is 9.23. The van der Waals surface area contributed by atoms with Crippen LogP contribution in [0.15, 0.2) is 48.5 Å². The summed E-state index contributed by atoms with van der Waals surface area (Å²) >= 11 is 0. The van der Waals surface area contributed by atoms with Gasteiger partial charge in [0.15, 0.2) is 6.10 Å². The number of carbonyl (C=O) groups excluding carboxylic acids is 2. The lowest BCUT2D eigenvalue weighted by molar-refractivity contribution is -0.166. The van der Waals surface area contributed by atoms with Gasteiger partial charge in [-0.05, 0) is 47.4 Å². The van der Waals surface area contributed by atoms with Crippen LogP contribution in [0.4, 0.5) is 4.79 Å². The Hall–Kier alpha value is -3.43. The Morgan fingerprint density at radius 2 is 1.66 bits per heavy atom. The van der Waals surface area contributed by atoms with Gasteiger partial charge >= 0.3 is 12.1 Å². The zero-order valence-corrected chi connectivity index (χ0v) is 19.1. The van der Waals surface area contributed by atoms with E-state index in [-0.39, 0.29) is 30.9 Å². The molecule has 2 aromatic carbocycles. The minimum atomic E-state index is -1.10. The number of nitrogens with one attached hydrogen (secondary N) is 2. The molecule has 184 valence electrons. The number of carboxylic acids is 1. The fourth-order valence-corrected chi connectivity index (χ4v) is 4.92. The van der Waals surface area contributed by atoms with Gasteiger partial charge in [0.2, 0.25) is 0 Å². The van der Waals surface area contributed by atoms with Crippen molar-refractivity contribution in [3.05, 3.63) is 59.7 Å². The summed E-state index contributed by atoms with van der Waals surface area (Å²) in [6.45, 7) is 0.760. The van der Waals surface area contributed by atoms with Crippen LogP contribution in [-0.2, 0) is 23.9 Å². The van der Waals surface area contributed by atoms with Crippen molar-refractivity contribution in [1.82, 2.24) is 10.8 Å². The van der Waals surface area contributed by atoms with Crippen LogP contribution >= 0.6 is 0 Å². The number of hydroxylamine groups is 1. The Bertz CT molecular complexity index is 1070. The van der Waals surface area contributed by atoms with Crippen molar-refractivity contribution >= 4 is 18.0 Å². The number of carboxylic acid groups (broad SMARTS) is 1. The number of carbonyl (C=O) groups is 3. The predicted molar refractivity (Wildman–Crippen MR) is 124 cm³/mol. The fourth-order valence-electron chi connectivity index (χ4n) is 4.92. The van der Waals surface area contributed by atoms with E-state index in [0.29, 0.717) is 13.0 Å². The number of aliphatic carboxylic acids is 1. The molecule has 5 rings (SSSR count). The fraction of sp³-hybridized carbons (Fsp3) is 0.423. The number of rotatable bonds is 9. The average Bonchev–Trinajstić information content (AvgIpc) is 3.49. The molecule has 3 unspecified atom stereocenters. The largest absolute Gasteiger partial charge is 0.479 e. The third kappa shape index (κ3) is 5.01. The van der Waals surface area contributed by atoms with Gasteiger partial charge in [0, 0.05) is 25.0 Å². The highest BCUT2D eigenvalue weighted by atomic mass is 16.7. The minimum absolute atomic E-state index is 0.0349. The first-order valence-corrected chi connectivity index (χ1v) is 11.9. The number of ether oxygens (including phenoxy) is 2. The third-order valence-corrected chi connectivity index (χ3v) is 6.90. The summed E-state index contributed by atoms with van der Waals surface area (Å²) < 4.78 is 11.1. The molecule has 1 saturated heterocycles. The lowest BCUT2D eigenvalue weighted by Gasteiger charge is -2.20. The molecular formula is C26H28N2O7. The Kier molecular flexibility index (Phi) is 6.70. The van der Waals surface area contributed by atoms with Crippen molar-refractivity contribution in [3.63, 3.8) is 0 Å².